The van der Waals surface area contributed by atoms with Crippen molar-refractivity contribution < 1.29 is 14.3 Å². The minimum atomic E-state index is -0.251. The van der Waals surface area contributed by atoms with Crippen molar-refractivity contribution in [2.45, 2.75) is 20.3 Å². The van der Waals surface area contributed by atoms with Crippen molar-refractivity contribution in [1.29, 1.82) is 0 Å². The second kappa shape index (κ2) is 9.53. The maximum atomic E-state index is 12.0. The number of benzene rings is 2. The fraction of sp³-hybridized carbons (Fsp3) is 0.211. The Morgan fingerprint density at radius 1 is 0.962 bits per heavy atom. The Morgan fingerprint density at radius 2 is 1.54 bits per heavy atom. The van der Waals surface area contributed by atoms with Crippen LogP contribution in [0.1, 0.15) is 19.4 Å². The second-order valence-corrected chi connectivity index (χ2v) is 5.96. The molecule has 0 heterocycles. The average molecular weight is 371 g/mol. The third-order valence-corrected chi connectivity index (χ3v) is 3.62. The predicted octanol–water partition coefficient (Wildman–Crippen LogP) is 3.10. The van der Waals surface area contributed by atoms with Crippen LogP contribution in [0.3, 0.4) is 0 Å². The number of amides is 2. The van der Waals surface area contributed by atoms with Crippen LogP contribution in [-0.2, 0) is 16.0 Å². The van der Waals surface area contributed by atoms with Gasteiger partial charge in [0.25, 0.3) is 5.91 Å². The van der Waals surface area contributed by atoms with Crippen LogP contribution in [0.15, 0.2) is 48.5 Å². The summed E-state index contributed by atoms with van der Waals surface area (Å²) in [5, 5.41) is 8.32. The van der Waals surface area contributed by atoms with Gasteiger partial charge in [0.2, 0.25) is 5.91 Å². The first-order chi connectivity index (χ1) is 12.5. The van der Waals surface area contributed by atoms with E-state index in [2.05, 4.69) is 22.9 Å². The van der Waals surface area contributed by atoms with Crippen molar-refractivity contribution in [1.82, 2.24) is 5.32 Å². The SMILES string of the molecule is CCc1ccc(OCC(=O)Nc2ccc(NC(=S)NC(C)=O)cc2)cc1. The smallest absolute Gasteiger partial charge is 0.262 e. The summed E-state index contributed by atoms with van der Waals surface area (Å²) < 4.78 is 5.47. The quantitative estimate of drug-likeness (QED) is 0.680. The summed E-state index contributed by atoms with van der Waals surface area (Å²) in [6, 6.07) is 14.6. The molecular weight excluding hydrogens is 350 g/mol. The Hall–Kier alpha value is -2.93. The van der Waals surface area contributed by atoms with Crippen molar-refractivity contribution >= 4 is 40.5 Å². The lowest BCUT2D eigenvalue weighted by Gasteiger charge is -2.10. The summed E-state index contributed by atoms with van der Waals surface area (Å²) >= 11 is 4.98. The summed E-state index contributed by atoms with van der Waals surface area (Å²) in [6.45, 7) is 3.39. The molecule has 0 saturated heterocycles. The average Bonchev–Trinajstić information content (AvgIpc) is 2.61. The van der Waals surface area contributed by atoms with Gasteiger partial charge in [-0.2, -0.15) is 0 Å². The van der Waals surface area contributed by atoms with Crippen LogP contribution < -0.4 is 20.7 Å². The van der Waals surface area contributed by atoms with Crippen LogP contribution >= 0.6 is 12.2 Å². The highest BCUT2D eigenvalue weighted by atomic mass is 32.1. The van der Waals surface area contributed by atoms with E-state index >= 15 is 0 Å². The number of hydrogen-bond acceptors (Lipinski definition) is 4. The van der Waals surface area contributed by atoms with Gasteiger partial charge in [-0.05, 0) is 60.6 Å². The Morgan fingerprint density at radius 3 is 2.08 bits per heavy atom. The van der Waals surface area contributed by atoms with Crippen molar-refractivity contribution in [2.75, 3.05) is 17.2 Å². The van der Waals surface area contributed by atoms with Gasteiger partial charge in [-0.1, -0.05) is 19.1 Å². The van der Waals surface area contributed by atoms with Crippen LogP contribution in [0.5, 0.6) is 5.75 Å². The van der Waals surface area contributed by atoms with E-state index in [9.17, 15) is 9.59 Å². The summed E-state index contributed by atoms with van der Waals surface area (Å²) in [4.78, 5) is 22.9. The highest BCUT2D eigenvalue weighted by Gasteiger charge is 2.05. The Balaban J connectivity index is 1.81. The molecule has 0 aliphatic rings. The highest BCUT2D eigenvalue weighted by molar-refractivity contribution is 7.80. The minimum absolute atomic E-state index is 0.0713. The molecule has 7 heteroatoms. The molecule has 26 heavy (non-hydrogen) atoms. The fourth-order valence-corrected chi connectivity index (χ4v) is 2.39. The number of carbonyl (C=O) groups excluding carboxylic acids is 2. The van der Waals surface area contributed by atoms with E-state index in [1.165, 1.54) is 12.5 Å². The largest absolute Gasteiger partial charge is 0.484 e. The van der Waals surface area contributed by atoms with Crippen molar-refractivity contribution in [3.8, 4) is 5.75 Å². The molecule has 0 radical (unpaired) electrons. The van der Waals surface area contributed by atoms with Gasteiger partial charge in [0.1, 0.15) is 5.75 Å². The summed E-state index contributed by atoms with van der Waals surface area (Å²) in [5.41, 5.74) is 2.55. The van der Waals surface area contributed by atoms with E-state index in [-0.39, 0.29) is 23.5 Å². The molecule has 0 fully saturated rings. The Kier molecular flexibility index (Phi) is 7.11. The van der Waals surface area contributed by atoms with E-state index < -0.39 is 0 Å². The van der Waals surface area contributed by atoms with Gasteiger partial charge >= 0.3 is 0 Å². The number of carbonyl (C=O) groups is 2. The first-order valence-corrected chi connectivity index (χ1v) is 8.57. The molecule has 0 aliphatic heterocycles. The lowest BCUT2D eigenvalue weighted by molar-refractivity contribution is -0.118. The third-order valence-electron chi connectivity index (χ3n) is 3.42. The van der Waals surface area contributed by atoms with Gasteiger partial charge < -0.3 is 20.7 Å². The molecule has 2 aromatic carbocycles. The monoisotopic (exact) mass is 371 g/mol. The molecule has 0 spiro atoms. The second-order valence-electron chi connectivity index (χ2n) is 5.55. The van der Waals surface area contributed by atoms with Gasteiger partial charge in [-0.25, -0.2) is 0 Å². The highest BCUT2D eigenvalue weighted by Crippen LogP contribution is 2.15. The summed E-state index contributed by atoms with van der Waals surface area (Å²) in [7, 11) is 0. The molecule has 0 bridgehead atoms. The Bertz CT molecular complexity index is 774. The van der Waals surface area contributed by atoms with E-state index in [1.807, 2.05) is 24.3 Å². The van der Waals surface area contributed by atoms with Gasteiger partial charge in [0, 0.05) is 18.3 Å². The molecule has 2 aromatic rings. The van der Waals surface area contributed by atoms with Crippen molar-refractivity contribution in [2.24, 2.45) is 0 Å². The lowest BCUT2D eigenvalue weighted by atomic mass is 10.2. The molecule has 2 rings (SSSR count). The van der Waals surface area contributed by atoms with E-state index in [4.69, 9.17) is 17.0 Å². The van der Waals surface area contributed by atoms with Gasteiger partial charge in [-0.15, -0.1) is 0 Å². The number of hydrogen-bond donors (Lipinski definition) is 3. The molecule has 0 unspecified atom stereocenters. The number of nitrogens with one attached hydrogen (secondary N) is 3. The molecule has 0 atom stereocenters. The number of rotatable bonds is 6. The maximum absolute atomic E-state index is 12.0. The first kappa shape index (κ1) is 19.4. The van der Waals surface area contributed by atoms with Gasteiger partial charge in [0.15, 0.2) is 11.7 Å². The maximum Gasteiger partial charge on any atom is 0.262 e. The third kappa shape index (κ3) is 6.52. The van der Waals surface area contributed by atoms with E-state index in [0.717, 1.165) is 6.42 Å². The Labute approximate surface area is 157 Å². The van der Waals surface area contributed by atoms with E-state index in [1.54, 1.807) is 24.3 Å². The first-order valence-electron chi connectivity index (χ1n) is 8.16. The molecule has 3 N–H and O–H groups in total. The molecule has 136 valence electrons. The zero-order chi connectivity index (χ0) is 18.9. The number of anilines is 2. The standard InChI is InChI=1S/C19H21N3O3S/c1-3-14-4-10-17(11-5-14)25-12-18(24)21-15-6-8-16(9-7-15)22-19(26)20-13(2)23/h4-11H,3,12H2,1-2H3,(H,21,24)(H2,20,22,23,26). The minimum Gasteiger partial charge on any atom is -0.484 e. The molecule has 0 saturated carbocycles. The lowest BCUT2D eigenvalue weighted by Crippen LogP contribution is -2.32. The number of aryl methyl sites for hydroxylation is 1. The molecule has 2 amide bonds. The van der Waals surface area contributed by atoms with Crippen LogP contribution in [0, 0.1) is 0 Å². The predicted molar refractivity (Wildman–Crippen MR) is 106 cm³/mol. The molecule has 0 aliphatic carbocycles. The topological polar surface area (TPSA) is 79.5 Å². The van der Waals surface area contributed by atoms with Crippen LogP contribution in [0.25, 0.3) is 0 Å². The normalized spacial score (nSPS) is 9.92. The molecular formula is C19H21N3O3S. The van der Waals surface area contributed by atoms with E-state index in [0.29, 0.717) is 17.1 Å². The number of ether oxygens (including phenoxy) is 1. The zero-order valence-corrected chi connectivity index (χ0v) is 15.5. The summed E-state index contributed by atoms with van der Waals surface area (Å²) in [6.07, 6.45) is 0.959. The van der Waals surface area contributed by atoms with Crippen LogP contribution in [0.4, 0.5) is 11.4 Å². The molecule has 6 nitrogen and oxygen atoms in total. The fourth-order valence-electron chi connectivity index (χ4n) is 2.13. The molecule has 0 aromatic heterocycles. The van der Waals surface area contributed by atoms with Crippen LogP contribution in [-0.4, -0.2) is 23.5 Å². The van der Waals surface area contributed by atoms with Crippen LogP contribution in [0.2, 0.25) is 0 Å². The zero-order valence-electron chi connectivity index (χ0n) is 14.7. The summed E-state index contributed by atoms with van der Waals surface area (Å²) in [5.74, 6) is 0.165. The van der Waals surface area contributed by atoms with Gasteiger partial charge in [-0.3, -0.25) is 9.59 Å². The van der Waals surface area contributed by atoms with Gasteiger partial charge in [0.05, 0.1) is 0 Å². The van der Waals surface area contributed by atoms with Crippen molar-refractivity contribution in [3.63, 3.8) is 0 Å². The number of thiocarbonyl (C=S) groups is 1. The van der Waals surface area contributed by atoms with Crippen molar-refractivity contribution in [3.05, 3.63) is 54.1 Å².